The maximum Gasteiger partial charge on any atom is 0.255 e. The minimum absolute atomic E-state index is 0.279. The molecule has 2 heterocycles. The van der Waals surface area contributed by atoms with Gasteiger partial charge in [-0.25, -0.2) is 4.98 Å². The number of H-pyrrole nitrogens is 1. The van der Waals surface area contributed by atoms with E-state index in [1.807, 2.05) is 6.07 Å². The van der Waals surface area contributed by atoms with Gasteiger partial charge < -0.3 is 21.4 Å². The number of nitrogens with zero attached hydrogens (tertiary/aromatic N) is 1. The number of rotatable bonds is 4. The summed E-state index contributed by atoms with van der Waals surface area (Å²) < 4.78 is 0. The molecule has 3 rings (SSSR count). The molecule has 7 heteroatoms. The number of pyridine rings is 1. The van der Waals surface area contributed by atoms with Gasteiger partial charge in [0.15, 0.2) is 0 Å². The van der Waals surface area contributed by atoms with E-state index in [1.165, 1.54) is 0 Å². The van der Waals surface area contributed by atoms with Gasteiger partial charge in [-0.3, -0.25) is 9.59 Å². The van der Waals surface area contributed by atoms with Crippen molar-refractivity contribution in [3.63, 3.8) is 0 Å². The molecular weight excluding hydrogens is 318 g/mol. The van der Waals surface area contributed by atoms with Crippen LogP contribution in [0.25, 0.3) is 11.0 Å². The second kappa shape index (κ2) is 6.74. The SMILES string of the molecule is CNC(=O)c1cc(C(=O)Nc2ccnc3[nH]ccc23)ccc1C(C)N. The molecule has 7 nitrogen and oxygen atoms in total. The second-order valence-corrected chi connectivity index (χ2v) is 5.72. The van der Waals surface area contributed by atoms with E-state index in [-0.39, 0.29) is 17.9 Å². The Hall–Kier alpha value is -3.19. The fraction of sp³-hybridized carbons (Fsp3) is 0.167. The highest BCUT2D eigenvalue weighted by atomic mass is 16.2. The third kappa shape index (κ3) is 3.22. The molecule has 2 amide bonds. The first-order valence-electron chi connectivity index (χ1n) is 7.86. The van der Waals surface area contributed by atoms with Crippen LogP contribution in [0.15, 0.2) is 42.7 Å². The summed E-state index contributed by atoms with van der Waals surface area (Å²) in [6.07, 6.45) is 3.37. The molecule has 0 aliphatic heterocycles. The number of aromatic amines is 1. The van der Waals surface area contributed by atoms with Crippen LogP contribution < -0.4 is 16.4 Å². The first-order chi connectivity index (χ1) is 12.0. The Labute approximate surface area is 144 Å². The van der Waals surface area contributed by atoms with Crippen LogP contribution in [0.3, 0.4) is 0 Å². The summed E-state index contributed by atoms with van der Waals surface area (Å²) in [6.45, 7) is 1.79. The van der Waals surface area contributed by atoms with Crippen LogP contribution in [-0.4, -0.2) is 28.8 Å². The molecule has 0 spiro atoms. The lowest BCUT2D eigenvalue weighted by Gasteiger charge is -2.14. The normalized spacial score (nSPS) is 12.0. The van der Waals surface area contributed by atoms with Gasteiger partial charge in [0.05, 0.1) is 5.69 Å². The number of hydrogen-bond donors (Lipinski definition) is 4. The molecule has 25 heavy (non-hydrogen) atoms. The Morgan fingerprint density at radius 3 is 2.72 bits per heavy atom. The highest BCUT2D eigenvalue weighted by Gasteiger charge is 2.17. The largest absolute Gasteiger partial charge is 0.355 e. The van der Waals surface area contributed by atoms with E-state index in [0.29, 0.717) is 28.0 Å². The first kappa shape index (κ1) is 16.7. The smallest absolute Gasteiger partial charge is 0.255 e. The van der Waals surface area contributed by atoms with Crippen molar-refractivity contribution in [3.05, 3.63) is 59.4 Å². The van der Waals surface area contributed by atoms with Crippen molar-refractivity contribution in [1.29, 1.82) is 0 Å². The van der Waals surface area contributed by atoms with Crippen LogP contribution >= 0.6 is 0 Å². The van der Waals surface area contributed by atoms with Gasteiger partial charge >= 0.3 is 0 Å². The summed E-state index contributed by atoms with van der Waals surface area (Å²) in [5.41, 5.74) is 8.72. The minimum atomic E-state index is -0.316. The molecule has 0 fully saturated rings. The summed E-state index contributed by atoms with van der Waals surface area (Å²) in [5, 5.41) is 6.25. The zero-order valence-electron chi connectivity index (χ0n) is 14.0. The molecule has 1 atom stereocenters. The lowest BCUT2D eigenvalue weighted by Crippen LogP contribution is -2.23. The predicted molar refractivity (Wildman–Crippen MR) is 96.5 cm³/mol. The van der Waals surface area contributed by atoms with Crippen molar-refractivity contribution in [1.82, 2.24) is 15.3 Å². The summed E-state index contributed by atoms with van der Waals surface area (Å²) in [4.78, 5) is 31.9. The molecule has 0 saturated carbocycles. The monoisotopic (exact) mass is 337 g/mol. The van der Waals surface area contributed by atoms with E-state index in [9.17, 15) is 9.59 Å². The van der Waals surface area contributed by atoms with E-state index in [1.54, 1.807) is 50.6 Å². The van der Waals surface area contributed by atoms with Crippen molar-refractivity contribution in [3.8, 4) is 0 Å². The van der Waals surface area contributed by atoms with Crippen molar-refractivity contribution in [2.24, 2.45) is 5.73 Å². The molecule has 1 unspecified atom stereocenters. The number of anilines is 1. The van der Waals surface area contributed by atoms with Gasteiger partial charge in [-0.1, -0.05) is 6.07 Å². The maximum atomic E-state index is 12.6. The molecule has 3 aromatic rings. The van der Waals surface area contributed by atoms with E-state index < -0.39 is 0 Å². The Kier molecular flexibility index (Phi) is 4.49. The molecule has 5 N–H and O–H groups in total. The molecule has 0 saturated heterocycles. The van der Waals surface area contributed by atoms with Crippen LogP contribution in [0.5, 0.6) is 0 Å². The zero-order chi connectivity index (χ0) is 18.0. The predicted octanol–water partition coefficient (Wildman–Crippen LogP) is 2.19. The molecule has 0 aliphatic rings. The van der Waals surface area contributed by atoms with E-state index in [0.717, 1.165) is 5.39 Å². The fourth-order valence-electron chi connectivity index (χ4n) is 2.69. The topological polar surface area (TPSA) is 113 Å². The number of carbonyl (C=O) groups is 2. The van der Waals surface area contributed by atoms with Gasteiger partial charge in [-0.15, -0.1) is 0 Å². The van der Waals surface area contributed by atoms with Crippen molar-refractivity contribution in [2.75, 3.05) is 12.4 Å². The standard InChI is InChI=1S/C18H19N5O2/c1-10(19)12-4-3-11(9-14(12)18(25)20-2)17(24)23-15-6-8-22-16-13(15)5-7-21-16/h3-10H,19H2,1-2H3,(H,20,25)(H2,21,22,23,24). The molecular formula is C18H19N5O2. The highest BCUT2D eigenvalue weighted by molar-refractivity contribution is 6.09. The quantitative estimate of drug-likeness (QED) is 0.584. The lowest BCUT2D eigenvalue weighted by molar-refractivity contribution is 0.0961. The average Bonchev–Trinajstić information content (AvgIpc) is 3.10. The van der Waals surface area contributed by atoms with Gasteiger partial charge in [0, 0.05) is 42.0 Å². The second-order valence-electron chi connectivity index (χ2n) is 5.72. The van der Waals surface area contributed by atoms with Gasteiger partial charge in [-0.2, -0.15) is 0 Å². The molecule has 0 radical (unpaired) electrons. The highest BCUT2D eigenvalue weighted by Crippen LogP contribution is 2.22. The van der Waals surface area contributed by atoms with E-state index >= 15 is 0 Å². The summed E-state index contributed by atoms with van der Waals surface area (Å²) in [5.74, 6) is -0.589. The molecule has 1 aromatic carbocycles. The average molecular weight is 337 g/mol. The summed E-state index contributed by atoms with van der Waals surface area (Å²) in [7, 11) is 1.54. The van der Waals surface area contributed by atoms with Crippen molar-refractivity contribution in [2.45, 2.75) is 13.0 Å². The van der Waals surface area contributed by atoms with Crippen LogP contribution in [0, 0.1) is 0 Å². The van der Waals surface area contributed by atoms with Crippen molar-refractivity contribution < 1.29 is 9.59 Å². The van der Waals surface area contributed by atoms with Crippen LogP contribution in [0.2, 0.25) is 0 Å². The van der Waals surface area contributed by atoms with Crippen molar-refractivity contribution >= 4 is 28.5 Å². The Bertz CT molecular complexity index is 946. The Balaban J connectivity index is 1.94. The van der Waals surface area contributed by atoms with Crippen LogP contribution in [-0.2, 0) is 0 Å². The molecule has 128 valence electrons. The lowest BCUT2D eigenvalue weighted by atomic mass is 9.98. The van der Waals surface area contributed by atoms with Crippen LogP contribution in [0.1, 0.15) is 39.2 Å². The number of amides is 2. The fourth-order valence-corrected chi connectivity index (χ4v) is 2.69. The first-order valence-corrected chi connectivity index (χ1v) is 7.86. The number of fused-ring (bicyclic) bond motifs is 1. The maximum absolute atomic E-state index is 12.6. The third-order valence-electron chi connectivity index (χ3n) is 3.99. The van der Waals surface area contributed by atoms with E-state index in [4.69, 9.17) is 5.73 Å². The van der Waals surface area contributed by atoms with Crippen LogP contribution in [0.4, 0.5) is 5.69 Å². The molecule has 0 bridgehead atoms. The van der Waals surface area contributed by atoms with Gasteiger partial charge in [-0.05, 0) is 36.8 Å². The third-order valence-corrected chi connectivity index (χ3v) is 3.99. The minimum Gasteiger partial charge on any atom is -0.355 e. The van der Waals surface area contributed by atoms with Gasteiger partial charge in [0.1, 0.15) is 5.65 Å². The zero-order valence-corrected chi connectivity index (χ0v) is 14.0. The number of carbonyl (C=O) groups excluding carboxylic acids is 2. The summed E-state index contributed by atoms with van der Waals surface area (Å²) >= 11 is 0. The van der Waals surface area contributed by atoms with Gasteiger partial charge in [0.25, 0.3) is 11.8 Å². The number of aromatic nitrogens is 2. The molecule has 0 aliphatic carbocycles. The molecule has 2 aromatic heterocycles. The number of nitrogens with one attached hydrogen (secondary N) is 3. The van der Waals surface area contributed by atoms with Gasteiger partial charge in [0.2, 0.25) is 0 Å². The van der Waals surface area contributed by atoms with E-state index in [2.05, 4.69) is 20.6 Å². The Morgan fingerprint density at radius 2 is 2.00 bits per heavy atom. The number of benzene rings is 1. The summed E-state index contributed by atoms with van der Waals surface area (Å²) in [6, 6.07) is 8.18. The number of nitrogens with two attached hydrogens (primary N) is 1. The number of hydrogen-bond acceptors (Lipinski definition) is 4. The Morgan fingerprint density at radius 1 is 1.20 bits per heavy atom.